The number of hydrogen-bond donors (Lipinski definition) is 1. The highest BCUT2D eigenvalue weighted by molar-refractivity contribution is 6.64. The molecule has 2 heterocycles. The van der Waals surface area contributed by atoms with Gasteiger partial charge in [0, 0.05) is 12.1 Å². The standard InChI is InChI=1S/C20H22BNO3/c1-19(2)20(3,4)25-21(24-19)17-11-16-14(12-22-18(16)23)10-15(17)13-8-6-5-7-9-13/h5-11H,12H2,1-4H3,(H,22,23). The molecule has 0 aromatic heterocycles. The van der Waals surface area contributed by atoms with Gasteiger partial charge in [0.25, 0.3) is 5.91 Å². The molecule has 0 saturated carbocycles. The Morgan fingerprint density at radius 2 is 1.60 bits per heavy atom. The average molecular weight is 335 g/mol. The number of carbonyl (C=O) groups excluding carboxylic acids is 1. The molecule has 4 rings (SSSR count). The van der Waals surface area contributed by atoms with Crippen molar-refractivity contribution in [1.82, 2.24) is 5.32 Å². The van der Waals surface area contributed by atoms with Crippen molar-refractivity contribution in [3.63, 3.8) is 0 Å². The molecule has 2 aromatic rings. The third-order valence-corrected chi connectivity index (χ3v) is 5.55. The Bertz CT molecular complexity index is 830. The number of rotatable bonds is 2. The zero-order valence-corrected chi connectivity index (χ0v) is 15.1. The number of carbonyl (C=O) groups is 1. The van der Waals surface area contributed by atoms with Crippen LogP contribution in [0, 0.1) is 0 Å². The van der Waals surface area contributed by atoms with Gasteiger partial charge in [0.15, 0.2) is 0 Å². The molecule has 1 saturated heterocycles. The molecular weight excluding hydrogens is 313 g/mol. The van der Waals surface area contributed by atoms with Crippen molar-refractivity contribution in [1.29, 1.82) is 0 Å². The Balaban J connectivity index is 1.87. The maximum Gasteiger partial charge on any atom is 0.495 e. The molecule has 0 unspecified atom stereocenters. The average Bonchev–Trinajstić information content (AvgIpc) is 3.03. The fraction of sp³-hybridized carbons (Fsp3) is 0.350. The SMILES string of the molecule is CC1(C)OB(c2cc3c(cc2-c2ccccc2)CNC3=O)OC1(C)C. The van der Waals surface area contributed by atoms with E-state index in [1.54, 1.807) is 0 Å². The highest BCUT2D eigenvalue weighted by Gasteiger charge is 2.52. The molecule has 2 aliphatic heterocycles. The molecule has 1 amide bonds. The second kappa shape index (κ2) is 5.45. The summed E-state index contributed by atoms with van der Waals surface area (Å²) in [6, 6.07) is 14.2. The third-order valence-electron chi connectivity index (χ3n) is 5.55. The molecule has 0 atom stereocenters. The first kappa shape index (κ1) is 16.4. The first-order valence-corrected chi connectivity index (χ1v) is 8.64. The largest absolute Gasteiger partial charge is 0.495 e. The predicted octanol–water partition coefficient (Wildman–Crippen LogP) is 2.90. The van der Waals surface area contributed by atoms with Gasteiger partial charge in [0.05, 0.1) is 11.2 Å². The van der Waals surface area contributed by atoms with Crippen LogP contribution in [0.4, 0.5) is 0 Å². The Labute approximate surface area is 148 Å². The number of nitrogens with one attached hydrogen (secondary N) is 1. The summed E-state index contributed by atoms with van der Waals surface area (Å²) in [7, 11) is -0.501. The summed E-state index contributed by atoms with van der Waals surface area (Å²) in [6.07, 6.45) is 0. The highest BCUT2D eigenvalue weighted by Crippen LogP contribution is 2.37. The Morgan fingerprint density at radius 1 is 0.960 bits per heavy atom. The Morgan fingerprint density at radius 3 is 2.24 bits per heavy atom. The lowest BCUT2D eigenvalue weighted by Gasteiger charge is -2.32. The van der Waals surface area contributed by atoms with Crippen LogP contribution >= 0.6 is 0 Å². The molecule has 5 heteroatoms. The van der Waals surface area contributed by atoms with Crippen molar-refractivity contribution in [2.45, 2.75) is 45.4 Å². The Hall–Kier alpha value is -2.11. The van der Waals surface area contributed by atoms with Crippen LogP contribution in [0.1, 0.15) is 43.6 Å². The lowest BCUT2D eigenvalue weighted by atomic mass is 9.73. The van der Waals surface area contributed by atoms with E-state index >= 15 is 0 Å². The molecule has 1 fully saturated rings. The van der Waals surface area contributed by atoms with E-state index in [2.05, 4.69) is 23.5 Å². The van der Waals surface area contributed by atoms with Crippen molar-refractivity contribution in [3.8, 4) is 11.1 Å². The summed E-state index contributed by atoms with van der Waals surface area (Å²) in [6.45, 7) is 8.71. The minimum absolute atomic E-state index is 0.0348. The monoisotopic (exact) mass is 335 g/mol. The smallest absolute Gasteiger partial charge is 0.399 e. The molecule has 1 N–H and O–H groups in total. The molecule has 4 nitrogen and oxygen atoms in total. The lowest BCUT2D eigenvalue weighted by Crippen LogP contribution is -2.41. The zero-order valence-electron chi connectivity index (χ0n) is 15.1. The van der Waals surface area contributed by atoms with Crippen LogP contribution < -0.4 is 10.8 Å². The van der Waals surface area contributed by atoms with E-state index in [1.165, 1.54) is 0 Å². The number of fused-ring (bicyclic) bond motifs is 1. The van der Waals surface area contributed by atoms with Crippen LogP contribution in [0.5, 0.6) is 0 Å². The van der Waals surface area contributed by atoms with Crippen LogP contribution in [-0.4, -0.2) is 24.2 Å². The molecular formula is C20H22BNO3. The zero-order chi connectivity index (χ0) is 17.8. The van der Waals surface area contributed by atoms with Crippen molar-refractivity contribution >= 4 is 18.5 Å². The minimum atomic E-state index is -0.501. The van der Waals surface area contributed by atoms with Crippen molar-refractivity contribution in [2.24, 2.45) is 0 Å². The first-order chi connectivity index (χ1) is 11.8. The van der Waals surface area contributed by atoms with Crippen LogP contribution in [0.15, 0.2) is 42.5 Å². The van der Waals surface area contributed by atoms with Crippen LogP contribution in [0.25, 0.3) is 11.1 Å². The quantitative estimate of drug-likeness (QED) is 0.859. The highest BCUT2D eigenvalue weighted by atomic mass is 16.7. The second-order valence-corrected chi connectivity index (χ2v) is 7.73. The van der Waals surface area contributed by atoms with Gasteiger partial charge in [-0.05, 0) is 62.0 Å². The summed E-state index contributed by atoms with van der Waals surface area (Å²) < 4.78 is 12.5. The summed E-state index contributed by atoms with van der Waals surface area (Å²) in [4.78, 5) is 12.1. The number of amides is 1. The Kier molecular flexibility index (Phi) is 3.57. The van der Waals surface area contributed by atoms with Gasteiger partial charge >= 0.3 is 7.12 Å². The van der Waals surface area contributed by atoms with E-state index in [0.717, 1.165) is 22.2 Å². The van der Waals surface area contributed by atoms with Gasteiger partial charge in [-0.1, -0.05) is 30.3 Å². The maximum atomic E-state index is 12.1. The summed E-state index contributed by atoms with van der Waals surface area (Å²) in [5.74, 6) is -0.0348. The van der Waals surface area contributed by atoms with E-state index in [4.69, 9.17) is 9.31 Å². The molecule has 2 aromatic carbocycles. The van der Waals surface area contributed by atoms with Gasteiger partial charge in [-0.2, -0.15) is 0 Å². The predicted molar refractivity (Wildman–Crippen MR) is 98.8 cm³/mol. The molecule has 0 aliphatic carbocycles. The van der Waals surface area contributed by atoms with Crippen molar-refractivity contribution in [3.05, 3.63) is 53.6 Å². The van der Waals surface area contributed by atoms with Crippen molar-refractivity contribution in [2.75, 3.05) is 0 Å². The molecule has 25 heavy (non-hydrogen) atoms. The molecule has 0 spiro atoms. The van der Waals surface area contributed by atoms with Gasteiger partial charge < -0.3 is 14.6 Å². The van der Waals surface area contributed by atoms with E-state index in [-0.39, 0.29) is 5.91 Å². The number of hydrogen-bond acceptors (Lipinski definition) is 3. The van der Waals surface area contributed by atoms with Crippen LogP contribution in [-0.2, 0) is 15.9 Å². The first-order valence-electron chi connectivity index (χ1n) is 8.64. The van der Waals surface area contributed by atoms with Crippen LogP contribution in [0.3, 0.4) is 0 Å². The summed E-state index contributed by atoms with van der Waals surface area (Å²) >= 11 is 0. The van der Waals surface area contributed by atoms with E-state index in [0.29, 0.717) is 12.1 Å². The van der Waals surface area contributed by atoms with E-state index in [9.17, 15) is 4.79 Å². The summed E-state index contributed by atoms with van der Waals surface area (Å²) in [5.41, 5.74) is 3.93. The lowest BCUT2D eigenvalue weighted by molar-refractivity contribution is 0.00578. The topological polar surface area (TPSA) is 47.6 Å². The van der Waals surface area contributed by atoms with E-state index < -0.39 is 18.3 Å². The second-order valence-electron chi connectivity index (χ2n) is 7.73. The van der Waals surface area contributed by atoms with Gasteiger partial charge in [-0.3, -0.25) is 4.79 Å². The molecule has 2 aliphatic rings. The van der Waals surface area contributed by atoms with Gasteiger partial charge in [-0.15, -0.1) is 0 Å². The molecule has 128 valence electrons. The fourth-order valence-corrected chi connectivity index (χ4v) is 3.32. The molecule has 0 radical (unpaired) electrons. The van der Waals surface area contributed by atoms with Crippen LogP contribution in [0.2, 0.25) is 0 Å². The minimum Gasteiger partial charge on any atom is -0.399 e. The summed E-state index contributed by atoms with van der Waals surface area (Å²) in [5, 5.41) is 2.89. The third kappa shape index (κ3) is 2.59. The van der Waals surface area contributed by atoms with Gasteiger partial charge in [-0.25, -0.2) is 0 Å². The fourth-order valence-electron chi connectivity index (χ4n) is 3.32. The van der Waals surface area contributed by atoms with Gasteiger partial charge in [0.1, 0.15) is 0 Å². The maximum absolute atomic E-state index is 12.1. The van der Waals surface area contributed by atoms with Gasteiger partial charge in [0.2, 0.25) is 0 Å². The van der Waals surface area contributed by atoms with E-state index in [1.807, 2.05) is 52.0 Å². The normalized spacial score (nSPS) is 20.5. The van der Waals surface area contributed by atoms with Crippen molar-refractivity contribution < 1.29 is 14.1 Å². The number of benzene rings is 2. The molecule has 0 bridgehead atoms.